The van der Waals surface area contributed by atoms with Gasteiger partial charge in [-0.05, 0) is 31.2 Å². The number of likely N-dealkylation sites (tertiary alicyclic amines) is 1. The number of hydrogen-bond acceptors (Lipinski definition) is 8. The molecule has 3 aliphatic rings. The molecule has 0 unspecified atom stereocenters. The Kier molecular flexibility index (Phi) is 6.59. The highest BCUT2D eigenvalue weighted by Crippen LogP contribution is 2.35. The fraction of sp³-hybridized carbons (Fsp3) is 0.409. The van der Waals surface area contributed by atoms with E-state index in [0.717, 1.165) is 4.90 Å². The van der Waals surface area contributed by atoms with Crippen molar-refractivity contribution in [3.8, 4) is 0 Å². The molecule has 11 heteroatoms. The molecule has 2 N–H and O–H groups in total. The molecule has 3 heterocycles. The molecule has 0 bridgehead atoms. The normalized spacial score (nSPS) is 24.3. The lowest BCUT2D eigenvalue weighted by atomic mass is 9.85. The predicted molar refractivity (Wildman–Crippen MR) is 115 cm³/mol. The van der Waals surface area contributed by atoms with Crippen LogP contribution in [0.5, 0.6) is 0 Å². The van der Waals surface area contributed by atoms with Gasteiger partial charge in [0.15, 0.2) is 0 Å². The summed E-state index contributed by atoms with van der Waals surface area (Å²) in [6, 6.07) is 2.23. The second-order valence-corrected chi connectivity index (χ2v) is 8.72. The van der Waals surface area contributed by atoms with E-state index in [-0.39, 0.29) is 29.7 Å². The first-order valence-corrected chi connectivity index (χ1v) is 11.5. The number of nitrogens with one attached hydrogen (secondary N) is 2. The first kappa shape index (κ1) is 22.7. The maximum atomic E-state index is 12.7. The van der Waals surface area contributed by atoms with E-state index in [1.807, 2.05) is 17.5 Å². The highest BCUT2D eigenvalue weighted by molar-refractivity contribution is 7.10. The summed E-state index contributed by atoms with van der Waals surface area (Å²) in [7, 11) is 0. The SMILES string of the molecule is CCOC(=O)C1=C(COC(=O)CN2C(=O)[C@H]3CC=CC[C@H]3C2=O)NC(=O)N[C@H]1c1cccs1. The summed E-state index contributed by atoms with van der Waals surface area (Å²) >= 11 is 1.35. The van der Waals surface area contributed by atoms with Crippen molar-refractivity contribution in [3.05, 3.63) is 45.8 Å². The Morgan fingerprint density at radius 2 is 1.82 bits per heavy atom. The molecule has 174 valence electrons. The van der Waals surface area contributed by atoms with Crippen molar-refractivity contribution in [2.75, 3.05) is 19.8 Å². The molecule has 1 aliphatic carbocycles. The van der Waals surface area contributed by atoms with E-state index in [9.17, 15) is 24.0 Å². The molecular weight excluding hydrogens is 450 g/mol. The topological polar surface area (TPSA) is 131 Å². The largest absolute Gasteiger partial charge is 0.463 e. The van der Waals surface area contributed by atoms with Gasteiger partial charge in [-0.15, -0.1) is 11.3 Å². The Morgan fingerprint density at radius 1 is 1.12 bits per heavy atom. The van der Waals surface area contributed by atoms with Crippen molar-refractivity contribution in [1.29, 1.82) is 0 Å². The molecule has 0 aromatic carbocycles. The molecular formula is C22H23N3O7S. The van der Waals surface area contributed by atoms with Crippen LogP contribution in [-0.2, 0) is 28.7 Å². The summed E-state index contributed by atoms with van der Waals surface area (Å²) < 4.78 is 10.4. The van der Waals surface area contributed by atoms with Crippen LogP contribution in [0.15, 0.2) is 40.9 Å². The van der Waals surface area contributed by atoms with E-state index in [1.165, 1.54) is 11.3 Å². The van der Waals surface area contributed by atoms with Crippen LogP contribution >= 0.6 is 11.3 Å². The van der Waals surface area contributed by atoms with Crippen LogP contribution < -0.4 is 10.6 Å². The Balaban J connectivity index is 1.49. The Hall–Kier alpha value is -3.47. The lowest BCUT2D eigenvalue weighted by molar-refractivity contribution is -0.152. The second-order valence-electron chi connectivity index (χ2n) is 7.74. The summed E-state index contributed by atoms with van der Waals surface area (Å²) in [5.74, 6) is -3.13. The van der Waals surface area contributed by atoms with Gasteiger partial charge in [0, 0.05) is 4.88 Å². The highest BCUT2D eigenvalue weighted by atomic mass is 32.1. The van der Waals surface area contributed by atoms with Crippen LogP contribution in [0, 0.1) is 11.8 Å². The van der Waals surface area contributed by atoms with E-state index in [1.54, 1.807) is 19.1 Å². The summed E-state index contributed by atoms with van der Waals surface area (Å²) in [6.07, 6.45) is 4.67. The second kappa shape index (κ2) is 9.57. The quantitative estimate of drug-likeness (QED) is 0.348. The zero-order chi connectivity index (χ0) is 23.5. The van der Waals surface area contributed by atoms with E-state index < -0.39 is 49.0 Å². The third-order valence-corrected chi connectivity index (χ3v) is 6.68. The number of imide groups is 1. The van der Waals surface area contributed by atoms with Gasteiger partial charge in [0.05, 0.1) is 35.8 Å². The molecule has 4 rings (SSSR count). The fourth-order valence-electron chi connectivity index (χ4n) is 4.20. The van der Waals surface area contributed by atoms with Crippen LogP contribution in [-0.4, -0.2) is 54.4 Å². The molecule has 1 fully saturated rings. The van der Waals surface area contributed by atoms with Crippen molar-refractivity contribution in [2.24, 2.45) is 11.8 Å². The lowest BCUT2D eigenvalue weighted by Gasteiger charge is -2.28. The van der Waals surface area contributed by atoms with Crippen LogP contribution in [0.2, 0.25) is 0 Å². The van der Waals surface area contributed by atoms with Crippen molar-refractivity contribution >= 4 is 41.1 Å². The van der Waals surface area contributed by atoms with Gasteiger partial charge in [-0.2, -0.15) is 0 Å². The van der Waals surface area contributed by atoms with E-state index in [2.05, 4.69) is 10.6 Å². The number of thiophene rings is 1. The number of ether oxygens (including phenoxy) is 2. The van der Waals surface area contributed by atoms with Crippen molar-refractivity contribution < 1.29 is 33.4 Å². The molecule has 2 aliphatic heterocycles. The number of amides is 4. The molecule has 1 aromatic rings. The van der Waals surface area contributed by atoms with Crippen LogP contribution in [0.3, 0.4) is 0 Å². The average molecular weight is 474 g/mol. The smallest absolute Gasteiger partial charge is 0.338 e. The van der Waals surface area contributed by atoms with Gasteiger partial charge in [-0.25, -0.2) is 9.59 Å². The van der Waals surface area contributed by atoms with Gasteiger partial charge >= 0.3 is 18.0 Å². The summed E-state index contributed by atoms with van der Waals surface area (Å²) in [5, 5.41) is 7.00. The monoisotopic (exact) mass is 473 g/mol. The van der Waals surface area contributed by atoms with Gasteiger partial charge < -0.3 is 20.1 Å². The minimum Gasteiger partial charge on any atom is -0.463 e. The number of hydrogen-bond donors (Lipinski definition) is 2. The number of carbonyl (C=O) groups excluding carboxylic acids is 5. The molecule has 4 amide bonds. The van der Waals surface area contributed by atoms with Crippen molar-refractivity contribution in [1.82, 2.24) is 15.5 Å². The first-order chi connectivity index (χ1) is 15.9. The third-order valence-electron chi connectivity index (χ3n) is 5.74. The average Bonchev–Trinajstić information content (AvgIpc) is 3.41. The third kappa shape index (κ3) is 4.54. The van der Waals surface area contributed by atoms with Gasteiger partial charge in [0.2, 0.25) is 11.8 Å². The van der Waals surface area contributed by atoms with Gasteiger partial charge in [0.1, 0.15) is 13.2 Å². The lowest BCUT2D eigenvalue weighted by Crippen LogP contribution is -2.47. The zero-order valence-electron chi connectivity index (χ0n) is 17.9. The number of carbonyl (C=O) groups is 5. The first-order valence-electron chi connectivity index (χ1n) is 10.6. The molecule has 0 saturated carbocycles. The van der Waals surface area contributed by atoms with E-state index in [0.29, 0.717) is 17.7 Å². The fourth-order valence-corrected chi connectivity index (χ4v) is 4.99. The summed E-state index contributed by atoms with van der Waals surface area (Å²) in [5.41, 5.74) is 0.206. The number of esters is 2. The number of allylic oxidation sites excluding steroid dienone is 2. The molecule has 0 spiro atoms. The number of urea groups is 1. The molecule has 1 saturated heterocycles. The number of rotatable bonds is 7. The Bertz CT molecular complexity index is 1020. The van der Waals surface area contributed by atoms with Gasteiger partial charge in [-0.3, -0.25) is 19.3 Å². The van der Waals surface area contributed by atoms with E-state index in [4.69, 9.17) is 9.47 Å². The Morgan fingerprint density at radius 3 is 2.42 bits per heavy atom. The van der Waals surface area contributed by atoms with Crippen molar-refractivity contribution in [2.45, 2.75) is 25.8 Å². The summed E-state index contributed by atoms with van der Waals surface area (Å²) in [4.78, 5) is 64.1. The van der Waals surface area contributed by atoms with Gasteiger partial charge in [0.25, 0.3) is 0 Å². The molecule has 10 nitrogen and oxygen atoms in total. The highest BCUT2D eigenvalue weighted by Gasteiger charge is 2.48. The van der Waals surface area contributed by atoms with Crippen LogP contribution in [0.25, 0.3) is 0 Å². The van der Waals surface area contributed by atoms with Crippen LogP contribution in [0.1, 0.15) is 30.7 Å². The maximum absolute atomic E-state index is 12.7. The maximum Gasteiger partial charge on any atom is 0.338 e. The van der Waals surface area contributed by atoms with Gasteiger partial charge in [-0.1, -0.05) is 18.2 Å². The molecule has 3 atom stereocenters. The number of nitrogens with zero attached hydrogens (tertiary/aromatic N) is 1. The standard InChI is InChI=1S/C22H23N3O7S/c1-2-31-21(29)17-14(23-22(30)24-18(17)15-8-5-9-33-15)11-32-16(26)10-25-19(27)12-6-3-4-7-13(12)20(25)28/h3-5,8-9,12-13,18H,2,6-7,10-11H2,1H3,(H2,23,24,30)/t12-,13+,18-/m0/s1. The predicted octanol–water partition coefficient (Wildman–Crippen LogP) is 1.41. The molecule has 1 aromatic heterocycles. The van der Waals surface area contributed by atoms with E-state index >= 15 is 0 Å². The molecule has 0 radical (unpaired) electrons. The zero-order valence-corrected chi connectivity index (χ0v) is 18.7. The van der Waals surface area contributed by atoms with Crippen LogP contribution in [0.4, 0.5) is 4.79 Å². The van der Waals surface area contributed by atoms with Crippen molar-refractivity contribution in [3.63, 3.8) is 0 Å². The number of fused-ring (bicyclic) bond motifs is 1. The minimum atomic E-state index is -0.820. The Labute approximate surface area is 193 Å². The summed E-state index contributed by atoms with van der Waals surface area (Å²) in [6.45, 7) is 0.835. The minimum absolute atomic E-state index is 0.0842. The molecule has 33 heavy (non-hydrogen) atoms.